The van der Waals surface area contributed by atoms with Gasteiger partial charge in [0.1, 0.15) is 5.75 Å². The maximum absolute atomic E-state index is 12.7. The summed E-state index contributed by atoms with van der Waals surface area (Å²) in [6.07, 6.45) is 1.64. The van der Waals surface area contributed by atoms with Crippen LogP contribution in [-0.4, -0.2) is 54.5 Å². The zero-order valence-electron chi connectivity index (χ0n) is 15.5. The Hall–Kier alpha value is -2.24. The number of hydrogen-bond donors (Lipinski definition) is 1. The summed E-state index contributed by atoms with van der Waals surface area (Å²) >= 11 is 0. The number of ether oxygens (including phenoxy) is 1. The van der Waals surface area contributed by atoms with Crippen LogP contribution >= 0.6 is 0 Å². The number of nitrogens with zero attached hydrogens (tertiary/aromatic N) is 2. The van der Waals surface area contributed by atoms with Crippen LogP contribution in [-0.2, 0) is 4.79 Å². The summed E-state index contributed by atoms with van der Waals surface area (Å²) in [7, 11) is 0. The van der Waals surface area contributed by atoms with Crippen LogP contribution in [0.3, 0.4) is 0 Å². The topological polar surface area (TPSA) is 61.9 Å². The number of likely N-dealkylation sites (tertiary alicyclic amines) is 1. The Labute approximate surface area is 150 Å². The Morgan fingerprint density at radius 2 is 1.96 bits per heavy atom. The van der Waals surface area contributed by atoms with Gasteiger partial charge in [-0.3, -0.25) is 4.79 Å². The Kier molecular flexibility index (Phi) is 7.10. The maximum atomic E-state index is 12.7. The lowest BCUT2D eigenvalue weighted by molar-refractivity contribution is -0.121. The fraction of sp³-hybridized carbons (Fsp3) is 0.579. The summed E-state index contributed by atoms with van der Waals surface area (Å²) in [6, 6.07) is 7.46. The van der Waals surface area contributed by atoms with E-state index in [1.807, 2.05) is 45.0 Å². The maximum Gasteiger partial charge on any atom is 0.320 e. The molecule has 0 spiro atoms. The predicted molar refractivity (Wildman–Crippen MR) is 98.9 cm³/mol. The second-order valence-corrected chi connectivity index (χ2v) is 6.16. The monoisotopic (exact) mass is 347 g/mol. The molecule has 1 aromatic carbocycles. The van der Waals surface area contributed by atoms with Gasteiger partial charge in [-0.25, -0.2) is 4.79 Å². The van der Waals surface area contributed by atoms with Gasteiger partial charge in [0.2, 0.25) is 5.91 Å². The third-order valence-corrected chi connectivity index (χ3v) is 4.54. The predicted octanol–water partition coefficient (Wildman–Crippen LogP) is 3.20. The fourth-order valence-corrected chi connectivity index (χ4v) is 3.15. The molecule has 1 N–H and O–H groups in total. The Morgan fingerprint density at radius 3 is 2.64 bits per heavy atom. The first-order valence-electron chi connectivity index (χ1n) is 9.17. The molecule has 1 unspecified atom stereocenters. The molecule has 1 atom stereocenters. The molecule has 1 aliphatic rings. The molecule has 6 nitrogen and oxygen atoms in total. The molecule has 1 fully saturated rings. The number of nitrogens with one attached hydrogen (secondary N) is 1. The van der Waals surface area contributed by atoms with Crippen molar-refractivity contribution in [1.29, 1.82) is 0 Å². The molecule has 1 heterocycles. The lowest BCUT2D eigenvalue weighted by atomic mass is 9.97. The van der Waals surface area contributed by atoms with E-state index in [-0.39, 0.29) is 17.9 Å². The van der Waals surface area contributed by atoms with Gasteiger partial charge in [-0.1, -0.05) is 12.1 Å². The van der Waals surface area contributed by atoms with Gasteiger partial charge in [0.05, 0.1) is 18.2 Å². The van der Waals surface area contributed by atoms with Crippen LogP contribution < -0.4 is 10.1 Å². The van der Waals surface area contributed by atoms with E-state index in [0.717, 1.165) is 12.8 Å². The van der Waals surface area contributed by atoms with E-state index in [1.165, 1.54) is 0 Å². The molecule has 1 aliphatic heterocycles. The Bertz CT molecular complexity index is 587. The lowest BCUT2D eigenvalue weighted by Crippen LogP contribution is -2.49. The average Bonchev–Trinajstić information content (AvgIpc) is 2.64. The molecule has 0 radical (unpaired) electrons. The van der Waals surface area contributed by atoms with Gasteiger partial charge in [0.25, 0.3) is 0 Å². The SMILES string of the molecule is CCOc1ccccc1NC(=O)C1CCCN(C(=O)N(CC)CC)C1. The van der Waals surface area contributed by atoms with Gasteiger partial charge in [0, 0.05) is 26.2 Å². The van der Waals surface area contributed by atoms with Crippen molar-refractivity contribution in [2.75, 3.05) is 38.1 Å². The summed E-state index contributed by atoms with van der Waals surface area (Å²) in [5.41, 5.74) is 0.682. The minimum Gasteiger partial charge on any atom is -0.492 e. The number of hydrogen-bond acceptors (Lipinski definition) is 3. The standard InChI is InChI=1S/C19H29N3O3/c1-4-21(5-2)19(24)22-13-9-10-15(14-22)18(23)20-16-11-7-8-12-17(16)25-6-3/h7-8,11-12,15H,4-6,9-10,13-14H2,1-3H3,(H,20,23). The van der Waals surface area contributed by atoms with E-state index in [2.05, 4.69) is 5.32 Å². The van der Waals surface area contributed by atoms with Gasteiger partial charge < -0.3 is 19.9 Å². The van der Waals surface area contributed by atoms with Gasteiger partial charge in [-0.2, -0.15) is 0 Å². The Morgan fingerprint density at radius 1 is 1.24 bits per heavy atom. The van der Waals surface area contributed by atoms with Crippen molar-refractivity contribution in [3.05, 3.63) is 24.3 Å². The number of rotatable bonds is 6. The van der Waals surface area contributed by atoms with Crippen LogP contribution in [0.5, 0.6) is 5.75 Å². The molecule has 25 heavy (non-hydrogen) atoms. The van der Waals surface area contributed by atoms with Crippen LogP contribution in [0.25, 0.3) is 0 Å². The van der Waals surface area contributed by atoms with Crippen LogP contribution in [0, 0.1) is 5.92 Å². The molecule has 1 saturated heterocycles. The first-order chi connectivity index (χ1) is 12.1. The minimum atomic E-state index is -0.192. The number of carbonyl (C=O) groups is 2. The van der Waals surface area contributed by atoms with Crippen molar-refractivity contribution in [2.24, 2.45) is 5.92 Å². The smallest absolute Gasteiger partial charge is 0.320 e. The summed E-state index contributed by atoms with van der Waals surface area (Å²) in [5, 5.41) is 2.97. The van der Waals surface area contributed by atoms with E-state index in [0.29, 0.717) is 44.2 Å². The number of anilines is 1. The molecule has 0 aliphatic carbocycles. The highest BCUT2D eigenvalue weighted by Gasteiger charge is 2.30. The van der Waals surface area contributed by atoms with Crippen molar-refractivity contribution in [3.63, 3.8) is 0 Å². The van der Waals surface area contributed by atoms with Gasteiger partial charge >= 0.3 is 6.03 Å². The van der Waals surface area contributed by atoms with Gasteiger partial charge in [-0.05, 0) is 45.7 Å². The normalized spacial score (nSPS) is 17.1. The van der Waals surface area contributed by atoms with Crippen molar-refractivity contribution < 1.29 is 14.3 Å². The fourth-order valence-electron chi connectivity index (χ4n) is 3.15. The summed E-state index contributed by atoms with van der Waals surface area (Å²) in [4.78, 5) is 28.8. The van der Waals surface area contributed by atoms with E-state index < -0.39 is 0 Å². The van der Waals surface area contributed by atoms with Crippen molar-refractivity contribution >= 4 is 17.6 Å². The molecule has 1 aromatic rings. The number of piperidine rings is 1. The minimum absolute atomic E-state index is 0.0252. The van der Waals surface area contributed by atoms with E-state index in [9.17, 15) is 9.59 Å². The summed E-state index contributed by atoms with van der Waals surface area (Å²) in [5.74, 6) is 0.428. The number of para-hydroxylation sites is 2. The third kappa shape index (κ3) is 4.87. The molecule has 0 aromatic heterocycles. The molecule has 138 valence electrons. The molecule has 0 bridgehead atoms. The van der Waals surface area contributed by atoms with Crippen LogP contribution in [0.1, 0.15) is 33.6 Å². The molecule has 6 heteroatoms. The summed E-state index contributed by atoms with van der Waals surface area (Å²) in [6.45, 7) is 8.96. The molecular formula is C19H29N3O3. The highest BCUT2D eigenvalue weighted by Crippen LogP contribution is 2.26. The molecule has 2 rings (SSSR count). The van der Waals surface area contributed by atoms with E-state index in [1.54, 1.807) is 9.80 Å². The molecule has 0 saturated carbocycles. The van der Waals surface area contributed by atoms with Crippen LogP contribution in [0.15, 0.2) is 24.3 Å². The van der Waals surface area contributed by atoms with Gasteiger partial charge in [-0.15, -0.1) is 0 Å². The molecular weight excluding hydrogens is 318 g/mol. The number of urea groups is 1. The van der Waals surface area contributed by atoms with Crippen LogP contribution in [0.2, 0.25) is 0 Å². The molecule has 3 amide bonds. The zero-order valence-corrected chi connectivity index (χ0v) is 15.5. The quantitative estimate of drug-likeness (QED) is 0.859. The average molecular weight is 347 g/mol. The highest BCUT2D eigenvalue weighted by atomic mass is 16.5. The van der Waals surface area contributed by atoms with Crippen molar-refractivity contribution in [2.45, 2.75) is 33.6 Å². The highest BCUT2D eigenvalue weighted by molar-refractivity contribution is 5.94. The number of amides is 3. The third-order valence-electron chi connectivity index (χ3n) is 4.54. The lowest BCUT2D eigenvalue weighted by Gasteiger charge is -2.35. The van der Waals surface area contributed by atoms with E-state index in [4.69, 9.17) is 4.74 Å². The van der Waals surface area contributed by atoms with Crippen molar-refractivity contribution in [3.8, 4) is 5.75 Å². The first kappa shape index (κ1) is 19.1. The Balaban J connectivity index is 2.01. The second kappa shape index (κ2) is 9.30. The summed E-state index contributed by atoms with van der Waals surface area (Å²) < 4.78 is 5.56. The van der Waals surface area contributed by atoms with E-state index >= 15 is 0 Å². The number of benzene rings is 1. The van der Waals surface area contributed by atoms with Crippen LogP contribution in [0.4, 0.5) is 10.5 Å². The zero-order chi connectivity index (χ0) is 18.2. The number of carbonyl (C=O) groups excluding carboxylic acids is 2. The largest absolute Gasteiger partial charge is 0.492 e. The second-order valence-electron chi connectivity index (χ2n) is 6.16. The van der Waals surface area contributed by atoms with Crippen molar-refractivity contribution in [1.82, 2.24) is 9.80 Å². The first-order valence-corrected chi connectivity index (χ1v) is 9.17. The van der Waals surface area contributed by atoms with Gasteiger partial charge in [0.15, 0.2) is 0 Å².